The quantitative estimate of drug-likeness (QED) is 0.801. The number of rotatable bonds is 4. The molecule has 0 aliphatic rings. The van der Waals surface area contributed by atoms with Gasteiger partial charge in [-0.15, -0.1) is 11.3 Å². The summed E-state index contributed by atoms with van der Waals surface area (Å²) in [6.45, 7) is 0.629. The fraction of sp³-hybridized carbons (Fsp3) is 0.200. The Labute approximate surface area is 121 Å². The van der Waals surface area contributed by atoms with Crippen molar-refractivity contribution in [2.75, 3.05) is 6.54 Å². The van der Waals surface area contributed by atoms with Gasteiger partial charge in [0.25, 0.3) is 0 Å². The Balaban J connectivity index is 2.07. The summed E-state index contributed by atoms with van der Waals surface area (Å²) in [6.07, 6.45) is 2.77. The van der Waals surface area contributed by atoms with Gasteiger partial charge >= 0.3 is 0 Å². The maximum Gasteiger partial charge on any atom is 0.144 e. The number of thiazole rings is 1. The summed E-state index contributed by atoms with van der Waals surface area (Å²) in [5, 5.41) is 5.37. The van der Waals surface area contributed by atoms with Crippen molar-refractivity contribution in [2.24, 2.45) is 12.8 Å². The molecule has 0 atom stereocenters. The smallest absolute Gasteiger partial charge is 0.144 e. The number of hydrogen-bond acceptors (Lipinski definition) is 4. The summed E-state index contributed by atoms with van der Waals surface area (Å²) in [5.74, 6) is 0. The van der Waals surface area contributed by atoms with Crippen LogP contribution >= 0.6 is 11.3 Å². The second-order valence-electron chi connectivity index (χ2n) is 4.57. The highest BCUT2D eigenvalue weighted by Crippen LogP contribution is 2.33. The van der Waals surface area contributed by atoms with E-state index in [1.54, 1.807) is 16.0 Å². The average Bonchev–Trinajstić information content (AvgIpc) is 3.07. The second kappa shape index (κ2) is 5.56. The summed E-state index contributed by atoms with van der Waals surface area (Å²) in [6, 6.07) is 12.2. The van der Waals surface area contributed by atoms with E-state index in [1.165, 1.54) is 4.88 Å². The highest BCUT2D eigenvalue weighted by Gasteiger charge is 2.15. The van der Waals surface area contributed by atoms with Gasteiger partial charge in [-0.2, -0.15) is 5.10 Å². The summed E-state index contributed by atoms with van der Waals surface area (Å²) >= 11 is 1.68. The molecule has 0 bridgehead atoms. The molecule has 0 amide bonds. The highest BCUT2D eigenvalue weighted by molar-refractivity contribution is 7.15. The second-order valence-corrected chi connectivity index (χ2v) is 5.65. The Morgan fingerprint density at radius 1 is 1.20 bits per heavy atom. The zero-order valence-corrected chi connectivity index (χ0v) is 12.1. The predicted octanol–water partition coefficient (Wildman–Crippen LogP) is 2.71. The Bertz CT molecular complexity index is 700. The minimum Gasteiger partial charge on any atom is -0.330 e. The van der Waals surface area contributed by atoms with E-state index in [2.05, 4.69) is 17.2 Å². The zero-order chi connectivity index (χ0) is 13.9. The van der Waals surface area contributed by atoms with E-state index in [0.29, 0.717) is 6.54 Å². The standard InChI is InChI=1S/C15H16N4S/c1-19-10-8-12(18-19)15-17-14(13(20-15)7-9-16)11-5-3-2-4-6-11/h2-6,8,10H,7,9,16H2,1H3. The topological polar surface area (TPSA) is 56.7 Å². The fourth-order valence-electron chi connectivity index (χ4n) is 2.11. The monoisotopic (exact) mass is 284 g/mol. The minimum atomic E-state index is 0.629. The van der Waals surface area contributed by atoms with E-state index in [4.69, 9.17) is 10.7 Å². The number of hydrogen-bond donors (Lipinski definition) is 1. The molecule has 2 aromatic heterocycles. The number of aromatic nitrogens is 3. The molecule has 0 aliphatic heterocycles. The largest absolute Gasteiger partial charge is 0.330 e. The lowest BCUT2D eigenvalue weighted by molar-refractivity contribution is 0.770. The fourth-order valence-corrected chi connectivity index (χ4v) is 3.18. The van der Waals surface area contributed by atoms with Gasteiger partial charge in [0.15, 0.2) is 0 Å². The van der Waals surface area contributed by atoms with Crippen LogP contribution in [0.2, 0.25) is 0 Å². The van der Waals surface area contributed by atoms with Crippen molar-refractivity contribution in [1.29, 1.82) is 0 Å². The van der Waals surface area contributed by atoms with Gasteiger partial charge in [-0.05, 0) is 19.0 Å². The van der Waals surface area contributed by atoms with Crippen molar-refractivity contribution < 1.29 is 0 Å². The lowest BCUT2D eigenvalue weighted by atomic mass is 10.1. The average molecular weight is 284 g/mol. The van der Waals surface area contributed by atoms with Crippen LogP contribution in [0.4, 0.5) is 0 Å². The van der Waals surface area contributed by atoms with Crippen LogP contribution in [-0.4, -0.2) is 21.3 Å². The van der Waals surface area contributed by atoms with Crippen LogP contribution in [0, 0.1) is 0 Å². The first-order chi connectivity index (χ1) is 9.78. The number of nitrogens with zero attached hydrogens (tertiary/aromatic N) is 3. The Morgan fingerprint density at radius 3 is 2.65 bits per heavy atom. The van der Waals surface area contributed by atoms with Gasteiger partial charge in [-0.3, -0.25) is 4.68 Å². The summed E-state index contributed by atoms with van der Waals surface area (Å²) < 4.78 is 1.79. The lowest BCUT2D eigenvalue weighted by Gasteiger charge is -2.00. The first-order valence-electron chi connectivity index (χ1n) is 6.53. The maximum absolute atomic E-state index is 5.72. The summed E-state index contributed by atoms with van der Waals surface area (Å²) in [4.78, 5) is 5.99. The molecule has 4 nitrogen and oxygen atoms in total. The molecule has 0 saturated heterocycles. The first-order valence-corrected chi connectivity index (χ1v) is 7.35. The van der Waals surface area contributed by atoms with Gasteiger partial charge in [0.05, 0.1) is 5.69 Å². The van der Waals surface area contributed by atoms with E-state index in [0.717, 1.165) is 28.4 Å². The van der Waals surface area contributed by atoms with Crippen LogP contribution in [0.25, 0.3) is 22.0 Å². The number of nitrogens with two attached hydrogens (primary N) is 1. The van der Waals surface area contributed by atoms with Crippen molar-refractivity contribution >= 4 is 11.3 Å². The Morgan fingerprint density at radius 2 is 2.00 bits per heavy atom. The molecule has 0 aliphatic carbocycles. The Hall–Kier alpha value is -1.98. The molecule has 0 spiro atoms. The predicted molar refractivity (Wildman–Crippen MR) is 82.5 cm³/mol. The van der Waals surface area contributed by atoms with Crippen LogP contribution in [0.5, 0.6) is 0 Å². The van der Waals surface area contributed by atoms with Crippen molar-refractivity contribution in [3.8, 4) is 22.0 Å². The molecule has 2 heterocycles. The molecule has 5 heteroatoms. The molecule has 1 aromatic carbocycles. The third-order valence-electron chi connectivity index (χ3n) is 3.05. The minimum absolute atomic E-state index is 0.629. The van der Waals surface area contributed by atoms with E-state index in [9.17, 15) is 0 Å². The van der Waals surface area contributed by atoms with Gasteiger partial charge in [-0.25, -0.2) is 4.98 Å². The molecule has 0 saturated carbocycles. The van der Waals surface area contributed by atoms with Crippen LogP contribution in [0.15, 0.2) is 42.6 Å². The van der Waals surface area contributed by atoms with Gasteiger partial charge in [-0.1, -0.05) is 30.3 Å². The molecule has 2 N–H and O–H groups in total. The summed E-state index contributed by atoms with van der Waals surface area (Å²) in [5.41, 5.74) is 8.80. The van der Waals surface area contributed by atoms with E-state index in [-0.39, 0.29) is 0 Å². The van der Waals surface area contributed by atoms with Gasteiger partial charge in [0.1, 0.15) is 10.7 Å². The first kappa shape index (κ1) is 13.0. The van der Waals surface area contributed by atoms with E-state index < -0.39 is 0 Å². The lowest BCUT2D eigenvalue weighted by Crippen LogP contribution is -2.02. The van der Waals surface area contributed by atoms with Crippen molar-refractivity contribution in [1.82, 2.24) is 14.8 Å². The summed E-state index contributed by atoms with van der Waals surface area (Å²) in [7, 11) is 1.91. The molecule has 0 radical (unpaired) electrons. The zero-order valence-electron chi connectivity index (χ0n) is 11.3. The Kier molecular flexibility index (Phi) is 3.62. The van der Waals surface area contributed by atoms with Crippen molar-refractivity contribution in [3.63, 3.8) is 0 Å². The molecule has 20 heavy (non-hydrogen) atoms. The molecule has 3 aromatic rings. The molecule has 0 unspecified atom stereocenters. The molecule has 0 fully saturated rings. The normalized spacial score (nSPS) is 10.9. The van der Waals surface area contributed by atoms with Crippen LogP contribution in [0.1, 0.15) is 4.88 Å². The van der Waals surface area contributed by atoms with Gasteiger partial charge in [0.2, 0.25) is 0 Å². The number of aryl methyl sites for hydroxylation is 1. The van der Waals surface area contributed by atoms with Gasteiger partial charge < -0.3 is 5.73 Å². The van der Waals surface area contributed by atoms with Crippen LogP contribution in [0.3, 0.4) is 0 Å². The van der Waals surface area contributed by atoms with Crippen LogP contribution < -0.4 is 5.73 Å². The van der Waals surface area contributed by atoms with E-state index in [1.807, 2.05) is 37.5 Å². The maximum atomic E-state index is 5.72. The molecule has 102 valence electrons. The molecular formula is C15H16N4S. The van der Waals surface area contributed by atoms with E-state index >= 15 is 0 Å². The third-order valence-corrected chi connectivity index (χ3v) is 4.19. The SMILES string of the molecule is Cn1ccc(-c2nc(-c3ccccc3)c(CCN)s2)n1. The van der Waals surface area contributed by atoms with Crippen molar-refractivity contribution in [2.45, 2.75) is 6.42 Å². The molecule has 3 rings (SSSR count). The number of benzene rings is 1. The van der Waals surface area contributed by atoms with Crippen LogP contribution in [-0.2, 0) is 13.5 Å². The molecular weight excluding hydrogens is 268 g/mol. The van der Waals surface area contributed by atoms with Crippen molar-refractivity contribution in [3.05, 3.63) is 47.5 Å². The van der Waals surface area contributed by atoms with Gasteiger partial charge in [0, 0.05) is 23.7 Å². The third kappa shape index (κ3) is 2.50. The highest BCUT2D eigenvalue weighted by atomic mass is 32.1.